The van der Waals surface area contributed by atoms with E-state index in [4.69, 9.17) is 5.26 Å². The molecule has 1 aromatic carbocycles. The van der Waals surface area contributed by atoms with Gasteiger partial charge in [0.2, 0.25) is 15.9 Å². The van der Waals surface area contributed by atoms with Gasteiger partial charge in [0.05, 0.1) is 16.5 Å². The van der Waals surface area contributed by atoms with Gasteiger partial charge < -0.3 is 9.80 Å². The van der Waals surface area contributed by atoms with E-state index in [1.54, 1.807) is 12.1 Å². The Balaban J connectivity index is 1.68. The molecule has 8 heteroatoms. The lowest BCUT2D eigenvalue weighted by molar-refractivity contribution is -0.133. The lowest BCUT2D eigenvalue weighted by atomic mass is 9.70. The highest BCUT2D eigenvalue weighted by Gasteiger charge is 2.34. The number of nitrogens with zero attached hydrogens (tertiary/aromatic N) is 3. The van der Waals surface area contributed by atoms with Crippen LogP contribution in [-0.4, -0.2) is 63.9 Å². The molecule has 0 saturated carbocycles. The molecule has 3 rings (SSSR count). The van der Waals surface area contributed by atoms with Gasteiger partial charge >= 0.3 is 0 Å². The molecule has 0 aromatic heterocycles. The van der Waals surface area contributed by atoms with Crippen molar-refractivity contribution in [2.75, 3.05) is 39.8 Å². The number of carbonyl (C=O) groups is 1. The van der Waals surface area contributed by atoms with Gasteiger partial charge in [-0.2, -0.15) is 5.26 Å². The van der Waals surface area contributed by atoms with E-state index >= 15 is 0 Å². The average molecular weight is 473 g/mol. The Morgan fingerprint density at radius 1 is 1.24 bits per heavy atom. The van der Waals surface area contributed by atoms with Gasteiger partial charge in [-0.3, -0.25) is 4.79 Å². The smallest absolute Gasteiger partial charge is 0.240 e. The minimum atomic E-state index is -3.71. The fourth-order valence-corrected chi connectivity index (χ4v) is 6.04. The number of hydrogen-bond acceptors (Lipinski definition) is 5. The molecule has 3 atom stereocenters. The van der Waals surface area contributed by atoms with E-state index in [9.17, 15) is 13.2 Å². The molecule has 1 aliphatic heterocycles. The number of likely N-dealkylation sites (N-methyl/N-ethyl adjacent to an activating group) is 1. The van der Waals surface area contributed by atoms with Gasteiger partial charge in [-0.05, 0) is 62.3 Å². The van der Waals surface area contributed by atoms with E-state index in [1.165, 1.54) is 17.7 Å². The first-order valence-electron chi connectivity index (χ1n) is 11.7. The lowest BCUT2D eigenvalue weighted by Crippen LogP contribution is -2.47. The number of nitrogens with one attached hydrogen (secondary N) is 1. The third-order valence-electron chi connectivity index (χ3n) is 7.14. The molecule has 0 spiro atoms. The Morgan fingerprint density at radius 2 is 1.94 bits per heavy atom. The predicted octanol–water partition coefficient (Wildman–Crippen LogP) is 2.86. The minimum Gasteiger partial charge on any atom is -0.340 e. The average Bonchev–Trinajstić information content (AvgIpc) is 2.79. The van der Waals surface area contributed by atoms with Crippen molar-refractivity contribution in [2.45, 2.75) is 38.5 Å². The van der Waals surface area contributed by atoms with Crippen LogP contribution in [0.3, 0.4) is 0 Å². The highest BCUT2D eigenvalue weighted by molar-refractivity contribution is 7.89. The minimum absolute atomic E-state index is 0.0638. The van der Waals surface area contributed by atoms with Crippen molar-refractivity contribution < 1.29 is 13.2 Å². The second-order valence-electron chi connectivity index (χ2n) is 9.79. The first-order valence-corrected chi connectivity index (χ1v) is 13.2. The van der Waals surface area contributed by atoms with Crippen LogP contribution in [0.25, 0.3) is 0 Å². The molecule has 1 saturated heterocycles. The highest BCUT2D eigenvalue weighted by Crippen LogP contribution is 2.39. The molecule has 1 fully saturated rings. The maximum Gasteiger partial charge on any atom is 0.240 e. The van der Waals surface area contributed by atoms with Crippen LogP contribution in [0.5, 0.6) is 0 Å². The number of amides is 1. The normalized spacial score (nSPS) is 24.4. The van der Waals surface area contributed by atoms with Crippen LogP contribution in [0.4, 0.5) is 0 Å². The molecule has 7 nitrogen and oxygen atoms in total. The van der Waals surface area contributed by atoms with Crippen LogP contribution < -0.4 is 4.72 Å². The van der Waals surface area contributed by atoms with Gasteiger partial charge in [-0.15, -0.1) is 0 Å². The predicted molar refractivity (Wildman–Crippen MR) is 129 cm³/mol. The van der Waals surface area contributed by atoms with Crippen LogP contribution in [-0.2, 0) is 14.8 Å². The number of rotatable bonds is 7. The summed E-state index contributed by atoms with van der Waals surface area (Å²) in [5, 5.41) is 9.07. The van der Waals surface area contributed by atoms with Gasteiger partial charge in [0, 0.05) is 39.1 Å². The van der Waals surface area contributed by atoms with E-state index < -0.39 is 10.0 Å². The summed E-state index contributed by atoms with van der Waals surface area (Å²) >= 11 is 0. The Kier molecular flexibility index (Phi) is 8.33. The molecule has 1 amide bonds. The van der Waals surface area contributed by atoms with Crippen LogP contribution in [0.15, 0.2) is 40.8 Å². The molecule has 1 N–H and O–H groups in total. The van der Waals surface area contributed by atoms with Crippen molar-refractivity contribution >= 4 is 15.9 Å². The van der Waals surface area contributed by atoms with Gasteiger partial charge in [0.15, 0.2) is 0 Å². The Labute approximate surface area is 198 Å². The Morgan fingerprint density at radius 3 is 2.58 bits per heavy atom. The molecular weight excluding hydrogens is 436 g/mol. The van der Waals surface area contributed by atoms with Gasteiger partial charge in [0.25, 0.3) is 0 Å². The topological polar surface area (TPSA) is 93.5 Å². The number of sulfonamides is 1. The zero-order valence-corrected chi connectivity index (χ0v) is 20.9. The number of carbonyl (C=O) groups excluding carboxylic acids is 1. The monoisotopic (exact) mass is 472 g/mol. The summed E-state index contributed by atoms with van der Waals surface area (Å²) in [6.07, 6.45) is 3.58. The summed E-state index contributed by atoms with van der Waals surface area (Å²) in [5.74, 6) is 1.14. The molecule has 0 radical (unpaired) electrons. The summed E-state index contributed by atoms with van der Waals surface area (Å²) in [7, 11) is -1.62. The Hall–Kier alpha value is -2.21. The molecule has 1 heterocycles. The van der Waals surface area contributed by atoms with Gasteiger partial charge in [-0.25, -0.2) is 13.1 Å². The van der Waals surface area contributed by atoms with E-state index in [0.29, 0.717) is 24.4 Å². The lowest BCUT2D eigenvalue weighted by Gasteiger charge is -2.38. The maximum absolute atomic E-state index is 12.9. The standard InChI is InChI=1S/C25H36N4O3S/c1-18(2)24-14-21(15-25(30)29-10-8-28(4)9-11-29)19(3)12-22(24)17-27-33(31,32)23-7-5-6-20(13-23)16-26/h5-7,12-13,18,21-22,24,27H,8-11,14-15,17H2,1-4H3/t21-,22-,24-/m0/s1. The van der Waals surface area contributed by atoms with Crippen molar-refractivity contribution in [3.05, 3.63) is 41.5 Å². The van der Waals surface area contributed by atoms with E-state index in [1.807, 2.05) is 11.0 Å². The molecule has 0 unspecified atom stereocenters. The van der Waals surface area contributed by atoms with Crippen molar-refractivity contribution in [1.29, 1.82) is 5.26 Å². The van der Waals surface area contributed by atoms with Crippen LogP contribution >= 0.6 is 0 Å². The van der Waals surface area contributed by atoms with Crippen molar-refractivity contribution in [3.8, 4) is 6.07 Å². The van der Waals surface area contributed by atoms with Crippen molar-refractivity contribution in [3.63, 3.8) is 0 Å². The van der Waals surface area contributed by atoms with Crippen LogP contribution in [0.1, 0.15) is 39.2 Å². The molecule has 0 bridgehead atoms. The summed E-state index contributed by atoms with van der Waals surface area (Å²) in [6.45, 7) is 10.1. The maximum atomic E-state index is 12.9. The molecule has 1 aliphatic carbocycles. The number of allylic oxidation sites excluding steroid dienone is 1. The highest BCUT2D eigenvalue weighted by atomic mass is 32.2. The zero-order valence-electron chi connectivity index (χ0n) is 20.1. The first-order chi connectivity index (χ1) is 15.6. The fraction of sp³-hybridized carbons (Fsp3) is 0.600. The van der Waals surface area contributed by atoms with Crippen molar-refractivity contribution in [1.82, 2.24) is 14.5 Å². The van der Waals surface area contributed by atoms with Gasteiger partial charge in [-0.1, -0.05) is 31.6 Å². The first kappa shape index (κ1) is 25.4. The van der Waals surface area contributed by atoms with Crippen LogP contribution in [0.2, 0.25) is 0 Å². The number of piperazine rings is 1. The van der Waals surface area contributed by atoms with E-state index in [0.717, 1.165) is 32.6 Å². The van der Waals surface area contributed by atoms with E-state index in [-0.39, 0.29) is 28.6 Å². The second kappa shape index (κ2) is 10.8. The number of hydrogen-bond donors (Lipinski definition) is 1. The largest absolute Gasteiger partial charge is 0.340 e. The molecule has 33 heavy (non-hydrogen) atoms. The second-order valence-corrected chi connectivity index (χ2v) is 11.6. The molecule has 1 aromatic rings. The summed E-state index contributed by atoms with van der Waals surface area (Å²) in [4.78, 5) is 17.2. The number of nitriles is 1. The zero-order chi connectivity index (χ0) is 24.2. The quantitative estimate of drug-likeness (QED) is 0.616. The third-order valence-corrected chi connectivity index (χ3v) is 8.56. The van der Waals surface area contributed by atoms with Crippen LogP contribution in [0, 0.1) is 35.0 Å². The van der Waals surface area contributed by atoms with Crippen molar-refractivity contribution in [2.24, 2.45) is 23.7 Å². The van der Waals surface area contributed by atoms with Gasteiger partial charge in [0.1, 0.15) is 0 Å². The number of benzene rings is 1. The summed E-state index contributed by atoms with van der Waals surface area (Å²) < 4.78 is 28.4. The fourth-order valence-electron chi connectivity index (χ4n) is 4.93. The SMILES string of the molecule is CC1=C[C@@H](CNS(=O)(=O)c2cccc(C#N)c2)[C@H](C(C)C)C[C@H]1CC(=O)N1CCN(C)CC1. The summed E-state index contributed by atoms with van der Waals surface area (Å²) in [5.41, 5.74) is 1.49. The Bertz CT molecular complexity index is 1020. The third kappa shape index (κ3) is 6.44. The summed E-state index contributed by atoms with van der Waals surface area (Å²) in [6, 6.07) is 8.05. The molecule has 2 aliphatic rings. The van der Waals surface area contributed by atoms with E-state index in [2.05, 4.69) is 43.5 Å². The molecule has 180 valence electrons. The molecular formula is C25H36N4O3S.